The molecule has 4 heteroatoms. The molecule has 94 valence electrons. The molecule has 2 heterocycles. The van der Waals surface area contributed by atoms with Crippen molar-refractivity contribution in [2.24, 2.45) is 5.73 Å². The van der Waals surface area contributed by atoms with Gasteiger partial charge in [-0.3, -0.25) is 0 Å². The van der Waals surface area contributed by atoms with Gasteiger partial charge < -0.3 is 10.1 Å². The van der Waals surface area contributed by atoms with E-state index in [1.807, 2.05) is 18.2 Å². The second-order valence-electron chi connectivity index (χ2n) is 4.97. The van der Waals surface area contributed by atoms with Gasteiger partial charge in [-0.05, 0) is 25.0 Å². The Bertz CT molecular complexity index is 582. The molecule has 2 aromatic rings. The monoisotopic (exact) mass is 259 g/mol. The van der Waals surface area contributed by atoms with E-state index in [0.717, 1.165) is 17.0 Å². The minimum absolute atomic E-state index is 0.390. The number of hydrogen-bond acceptors (Lipinski definition) is 2. The first-order valence-corrected chi connectivity index (χ1v) is 6.95. The Morgan fingerprint density at radius 1 is 1.28 bits per heavy atom. The Kier molecular flexibility index (Phi) is 3.04. The molecule has 0 bridgehead atoms. The number of nitrogens with two attached hydrogens (primary N) is 1. The third-order valence-corrected chi connectivity index (χ3v) is 3.97. The van der Waals surface area contributed by atoms with Crippen molar-refractivity contribution in [2.75, 3.05) is 0 Å². The van der Waals surface area contributed by atoms with Crippen LogP contribution in [0.5, 0.6) is 0 Å². The predicted octanol–water partition coefficient (Wildman–Crippen LogP) is 3.02. The minimum atomic E-state index is 0.390. The van der Waals surface area contributed by atoms with Crippen LogP contribution in [0, 0.1) is 0 Å². The molecule has 0 atom stereocenters. The molecule has 0 radical (unpaired) electrons. The van der Waals surface area contributed by atoms with Crippen molar-refractivity contribution in [3.63, 3.8) is 0 Å². The number of imidazole rings is 1. The van der Waals surface area contributed by atoms with Crippen molar-refractivity contribution >= 4 is 22.7 Å². The third kappa shape index (κ3) is 1.90. The molecule has 0 spiro atoms. The van der Waals surface area contributed by atoms with Gasteiger partial charge in [0.1, 0.15) is 16.5 Å². The van der Waals surface area contributed by atoms with Gasteiger partial charge in [-0.1, -0.05) is 37.5 Å². The van der Waals surface area contributed by atoms with Gasteiger partial charge in [-0.2, -0.15) is 0 Å². The fourth-order valence-corrected chi connectivity index (χ4v) is 3.04. The van der Waals surface area contributed by atoms with Crippen molar-refractivity contribution in [3.8, 4) is 0 Å². The smallest absolute Gasteiger partial charge is 0.124 e. The van der Waals surface area contributed by atoms with Crippen molar-refractivity contribution < 1.29 is 0 Å². The predicted molar refractivity (Wildman–Crippen MR) is 76.9 cm³/mol. The summed E-state index contributed by atoms with van der Waals surface area (Å²) in [6.07, 6.45) is 8.47. The summed E-state index contributed by atoms with van der Waals surface area (Å²) in [5, 5.41) is 0. The molecule has 3 nitrogen and oxygen atoms in total. The molecule has 1 aliphatic rings. The van der Waals surface area contributed by atoms with Crippen LogP contribution in [0.15, 0.2) is 24.4 Å². The average Bonchev–Trinajstić information content (AvgIpc) is 2.79. The van der Waals surface area contributed by atoms with Gasteiger partial charge in [0.15, 0.2) is 0 Å². The Labute approximate surface area is 112 Å². The van der Waals surface area contributed by atoms with Crippen LogP contribution < -0.4 is 5.73 Å². The quantitative estimate of drug-likeness (QED) is 0.843. The molecule has 2 N–H and O–H groups in total. The maximum absolute atomic E-state index is 5.78. The Hall–Kier alpha value is -1.42. The first-order valence-electron chi connectivity index (χ1n) is 6.54. The van der Waals surface area contributed by atoms with Crippen LogP contribution in [0.25, 0.3) is 5.52 Å². The fraction of sp³-hybridized carbons (Fsp3) is 0.429. The summed E-state index contributed by atoms with van der Waals surface area (Å²) >= 11 is 5.11. The van der Waals surface area contributed by atoms with E-state index in [4.69, 9.17) is 22.9 Å². The highest BCUT2D eigenvalue weighted by Crippen LogP contribution is 2.32. The number of aromatic nitrogens is 2. The number of pyridine rings is 1. The van der Waals surface area contributed by atoms with Crippen LogP contribution >= 0.6 is 12.2 Å². The maximum atomic E-state index is 5.78. The molecule has 2 aromatic heterocycles. The topological polar surface area (TPSA) is 43.3 Å². The lowest BCUT2D eigenvalue weighted by atomic mass is 9.89. The highest BCUT2D eigenvalue weighted by molar-refractivity contribution is 7.80. The molecule has 18 heavy (non-hydrogen) atoms. The lowest BCUT2D eigenvalue weighted by molar-refractivity contribution is 0.427. The van der Waals surface area contributed by atoms with Gasteiger partial charge >= 0.3 is 0 Å². The minimum Gasteiger partial charge on any atom is -0.388 e. The zero-order valence-electron chi connectivity index (χ0n) is 10.3. The van der Waals surface area contributed by atoms with Gasteiger partial charge in [0.25, 0.3) is 0 Å². The SMILES string of the molecule is NC(=S)c1nc(C2CCCCC2)n2ccccc12. The molecule has 1 aliphatic carbocycles. The highest BCUT2D eigenvalue weighted by atomic mass is 32.1. The third-order valence-electron chi connectivity index (χ3n) is 3.78. The van der Waals surface area contributed by atoms with Crippen molar-refractivity contribution in [2.45, 2.75) is 38.0 Å². The summed E-state index contributed by atoms with van der Waals surface area (Å²) in [5.41, 5.74) is 7.58. The van der Waals surface area contributed by atoms with E-state index in [1.165, 1.54) is 32.1 Å². The van der Waals surface area contributed by atoms with E-state index in [9.17, 15) is 0 Å². The highest BCUT2D eigenvalue weighted by Gasteiger charge is 2.22. The molecule has 1 saturated carbocycles. The van der Waals surface area contributed by atoms with Crippen LogP contribution in [0.4, 0.5) is 0 Å². The maximum Gasteiger partial charge on any atom is 0.124 e. The summed E-state index contributed by atoms with van der Waals surface area (Å²) in [4.78, 5) is 5.10. The second kappa shape index (κ2) is 4.69. The van der Waals surface area contributed by atoms with E-state index in [1.54, 1.807) is 0 Å². The van der Waals surface area contributed by atoms with Gasteiger partial charge in [0.05, 0.1) is 5.52 Å². The lowest BCUT2D eigenvalue weighted by Gasteiger charge is -2.20. The van der Waals surface area contributed by atoms with Gasteiger partial charge in [-0.15, -0.1) is 0 Å². The van der Waals surface area contributed by atoms with Crippen molar-refractivity contribution in [1.82, 2.24) is 9.38 Å². The summed E-state index contributed by atoms with van der Waals surface area (Å²) in [5.74, 6) is 1.69. The largest absolute Gasteiger partial charge is 0.388 e. The van der Waals surface area contributed by atoms with Crippen molar-refractivity contribution in [1.29, 1.82) is 0 Å². The van der Waals surface area contributed by atoms with Crippen LogP contribution in [-0.2, 0) is 0 Å². The van der Waals surface area contributed by atoms with Crippen LogP contribution in [-0.4, -0.2) is 14.4 Å². The van der Waals surface area contributed by atoms with E-state index in [0.29, 0.717) is 10.9 Å². The molecule has 0 amide bonds. The molecular formula is C14H17N3S. The Morgan fingerprint density at radius 3 is 2.78 bits per heavy atom. The molecule has 0 unspecified atom stereocenters. The number of thiocarbonyl (C=S) groups is 1. The normalized spacial score (nSPS) is 17.1. The van der Waals surface area contributed by atoms with Crippen LogP contribution in [0.1, 0.15) is 49.5 Å². The number of rotatable bonds is 2. The summed E-state index contributed by atoms with van der Waals surface area (Å²) in [6, 6.07) is 6.07. The first kappa shape index (κ1) is 11.7. The van der Waals surface area contributed by atoms with E-state index >= 15 is 0 Å². The summed E-state index contributed by atoms with van der Waals surface area (Å²) in [7, 11) is 0. The standard InChI is InChI=1S/C14H17N3S/c15-13(18)12-11-8-4-5-9-17(11)14(16-12)10-6-2-1-3-7-10/h4-5,8-10H,1-3,6-7H2,(H2,15,18). The summed E-state index contributed by atoms with van der Waals surface area (Å²) in [6.45, 7) is 0. The van der Waals surface area contributed by atoms with Crippen LogP contribution in [0.2, 0.25) is 0 Å². The molecular weight excluding hydrogens is 242 g/mol. The van der Waals surface area contributed by atoms with E-state index in [2.05, 4.69) is 10.6 Å². The Balaban J connectivity index is 2.13. The van der Waals surface area contributed by atoms with E-state index < -0.39 is 0 Å². The van der Waals surface area contributed by atoms with Crippen LogP contribution in [0.3, 0.4) is 0 Å². The van der Waals surface area contributed by atoms with Gasteiger partial charge in [-0.25, -0.2) is 4.98 Å². The second-order valence-corrected chi connectivity index (χ2v) is 5.41. The molecule has 0 saturated heterocycles. The fourth-order valence-electron chi connectivity index (χ4n) is 2.89. The molecule has 0 aliphatic heterocycles. The number of nitrogens with zero attached hydrogens (tertiary/aromatic N) is 2. The molecule has 1 fully saturated rings. The average molecular weight is 259 g/mol. The number of hydrogen-bond donors (Lipinski definition) is 1. The number of fused-ring (bicyclic) bond motifs is 1. The van der Waals surface area contributed by atoms with Gasteiger partial charge in [0, 0.05) is 12.1 Å². The van der Waals surface area contributed by atoms with Crippen molar-refractivity contribution in [3.05, 3.63) is 35.9 Å². The zero-order chi connectivity index (χ0) is 12.5. The summed E-state index contributed by atoms with van der Waals surface area (Å²) < 4.78 is 2.16. The molecule has 3 rings (SSSR count). The van der Waals surface area contributed by atoms with E-state index in [-0.39, 0.29) is 0 Å². The van der Waals surface area contributed by atoms with Gasteiger partial charge in [0.2, 0.25) is 0 Å². The Morgan fingerprint density at radius 2 is 2.06 bits per heavy atom. The molecule has 0 aromatic carbocycles. The zero-order valence-corrected chi connectivity index (χ0v) is 11.1. The lowest BCUT2D eigenvalue weighted by Crippen LogP contribution is -2.11. The first-order chi connectivity index (χ1) is 8.77.